The van der Waals surface area contributed by atoms with Crippen molar-refractivity contribution in [1.29, 1.82) is 0 Å². The average Bonchev–Trinajstić information content (AvgIpc) is 3.47. The van der Waals surface area contributed by atoms with E-state index in [2.05, 4.69) is 4.98 Å². The highest BCUT2D eigenvalue weighted by molar-refractivity contribution is 6.31. The number of aromatic amines is 1. The van der Waals surface area contributed by atoms with Crippen molar-refractivity contribution in [3.63, 3.8) is 0 Å². The van der Waals surface area contributed by atoms with Crippen LogP contribution in [0.1, 0.15) is 51.5 Å². The summed E-state index contributed by atoms with van der Waals surface area (Å²) in [7, 11) is 0. The second-order valence-corrected chi connectivity index (χ2v) is 8.72. The summed E-state index contributed by atoms with van der Waals surface area (Å²) in [5, 5.41) is 0.638. The Hall–Kier alpha value is -2.54. The number of hydrogen-bond donors (Lipinski definition) is 2. The second kappa shape index (κ2) is 9.08. The molecule has 2 aromatic rings. The van der Waals surface area contributed by atoms with Gasteiger partial charge in [-0.1, -0.05) is 57.0 Å². The standard InChI is InChI=1S/C22H29ClN4O3/c1-4-5-10-26-19(24)18(20(28)25-22(26)30)27(12-13(2)3)21(29)16-11-15(16)14-8-6-7-9-17(14)23/h6-9,13,15-16H,4-5,10-12,24H2,1-3H3,(H,25,28,30). The van der Waals surface area contributed by atoms with Gasteiger partial charge in [0.05, 0.1) is 0 Å². The van der Waals surface area contributed by atoms with Gasteiger partial charge >= 0.3 is 5.69 Å². The lowest BCUT2D eigenvalue weighted by Gasteiger charge is -2.26. The first-order chi connectivity index (χ1) is 14.3. The Kier molecular flexibility index (Phi) is 6.71. The summed E-state index contributed by atoms with van der Waals surface area (Å²) in [6.45, 7) is 6.67. The molecule has 8 heteroatoms. The zero-order chi connectivity index (χ0) is 22.0. The number of nitrogens with one attached hydrogen (secondary N) is 1. The zero-order valence-electron chi connectivity index (χ0n) is 17.7. The van der Waals surface area contributed by atoms with Gasteiger partial charge in [-0.2, -0.15) is 0 Å². The van der Waals surface area contributed by atoms with Crippen LogP contribution in [0.25, 0.3) is 0 Å². The predicted octanol–water partition coefficient (Wildman–Crippen LogP) is 3.37. The summed E-state index contributed by atoms with van der Waals surface area (Å²) in [4.78, 5) is 42.2. The molecule has 2 atom stereocenters. The van der Waals surface area contributed by atoms with Gasteiger partial charge < -0.3 is 10.6 Å². The van der Waals surface area contributed by atoms with Crippen LogP contribution in [0, 0.1) is 11.8 Å². The first-order valence-electron chi connectivity index (χ1n) is 10.4. The fraction of sp³-hybridized carbons (Fsp3) is 0.500. The van der Waals surface area contributed by atoms with Crippen LogP contribution in [0.4, 0.5) is 11.5 Å². The molecular formula is C22H29ClN4O3. The number of nitrogen functional groups attached to an aromatic ring is 1. The Bertz CT molecular complexity index is 1040. The van der Waals surface area contributed by atoms with Gasteiger partial charge in [0.25, 0.3) is 5.56 Å². The summed E-state index contributed by atoms with van der Waals surface area (Å²) in [5.74, 6) is -0.250. The molecule has 162 valence electrons. The minimum Gasteiger partial charge on any atom is -0.383 e. The summed E-state index contributed by atoms with van der Waals surface area (Å²) >= 11 is 6.31. The molecule has 0 bridgehead atoms. The number of H-pyrrole nitrogens is 1. The Labute approximate surface area is 180 Å². The monoisotopic (exact) mass is 432 g/mol. The van der Waals surface area contributed by atoms with E-state index in [1.54, 1.807) is 0 Å². The minimum absolute atomic E-state index is 0.0205. The van der Waals surface area contributed by atoms with Crippen LogP contribution in [-0.2, 0) is 11.3 Å². The number of unbranched alkanes of at least 4 members (excludes halogenated alkanes) is 1. The van der Waals surface area contributed by atoms with Crippen LogP contribution in [0.5, 0.6) is 0 Å². The van der Waals surface area contributed by atoms with Crippen molar-refractivity contribution in [3.05, 3.63) is 55.7 Å². The number of rotatable bonds is 8. The fourth-order valence-corrected chi connectivity index (χ4v) is 4.10. The Morgan fingerprint density at radius 2 is 2.03 bits per heavy atom. The van der Waals surface area contributed by atoms with E-state index in [-0.39, 0.29) is 35.2 Å². The molecule has 1 aliphatic carbocycles. The van der Waals surface area contributed by atoms with Gasteiger partial charge in [-0.25, -0.2) is 4.79 Å². The van der Waals surface area contributed by atoms with E-state index in [9.17, 15) is 14.4 Å². The topological polar surface area (TPSA) is 101 Å². The SMILES string of the molecule is CCCCn1c(N)c(N(CC(C)C)C(=O)C2CC2c2ccccc2Cl)c(=O)[nH]c1=O. The highest BCUT2D eigenvalue weighted by atomic mass is 35.5. The highest BCUT2D eigenvalue weighted by Gasteiger charge is 2.47. The van der Waals surface area contributed by atoms with Gasteiger partial charge in [-0.3, -0.25) is 19.1 Å². The van der Waals surface area contributed by atoms with Crippen LogP contribution < -0.4 is 21.9 Å². The molecule has 1 aliphatic rings. The Morgan fingerprint density at radius 1 is 1.33 bits per heavy atom. The minimum atomic E-state index is -0.630. The molecule has 1 amide bonds. The third-order valence-corrected chi connectivity index (χ3v) is 5.79. The molecular weight excluding hydrogens is 404 g/mol. The Morgan fingerprint density at radius 3 is 2.67 bits per heavy atom. The zero-order valence-corrected chi connectivity index (χ0v) is 18.4. The van der Waals surface area contributed by atoms with Crippen molar-refractivity contribution in [2.24, 2.45) is 11.8 Å². The average molecular weight is 433 g/mol. The van der Waals surface area contributed by atoms with Crippen molar-refractivity contribution in [2.75, 3.05) is 17.2 Å². The summed E-state index contributed by atoms with van der Waals surface area (Å²) in [5.41, 5.74) is 6.08. The summed E-state index contributed by atoms with van der Waals surface area (Å²) in [6, 6.07) is 7.50. The maximum absolute atomic E-state index is 13.4. The van der Waals surface area contributed by atoms with E-state index in [0.29, 0.717) is 24.5 Å². The van der Waals surface area contributed by atoms with Crippen molar-refractivity contribution in [2.45, 2.75) is 52.5 Å². The fourth-order valence-electron chi connectivity index (χ4n) is 3.82. The lowest BCUT2D eigenvalue weighted by molar-refractivity contribution is -0.120. The van der Waals surface area contributed by atoms with Crippen LogP contribution in [0.2, 0.25) is 5.02 Å². The molecule has 0 radical (unpaired) electrons. The number of anilines is 2. The van der Waals surface area contributed by atoms with Crippen molar-refractivity contribution in [1.82, 2.24) is 9.55 Å². The van der Waals surface area contributed by atoms with Crippen molar-refractivity contribution in [3.8, 4) is 0 Å². The maximum Gasteiger partial charge on any atom is 0.330 e. The first-order valence-corrected chi connectivity index (χ1v) is 10.8. The number of aromatic nitrogens is 2. The van der Waals surface area contributed by atoms with Crippen molar-refractivity contribution >= 4 is 29.0 Å². The lowest BCUT2D eigenvalue weighted by Crippen LogP contribution is -2.43. The molecule has 0 aliphatic heterocycles. The predicted molar refractivity (Wildman–Crippen MR) is 120 cm³/mol. The maximum atomic E-state index is 13.4. The number of amides is 1. The van der Waals surface area contributed by atoms with Crippen molar-refractivity contribution < 1.29 is 4.79 Å². The summed E-state index contributed by atoms with van der Waals surface area (Å²) in [6.07, 6.45) is 2.28. The molecule has 1 fully saturated rings. The number of carbonyl (C=O) groups excluding carboxylic acids is 1. The van der Waals surface area contributed by atoms with E-state index in [1.165, 1.54) is 9.47 Å². The normalized spacial score (nSPS) is 17.9. The van der Waals surface area contributed by atoms with Crippen LogP contribution in [-0.4, -0.2) is 22.0 Å². The molecule has 7 nitrogen and oxygen atoms in total. The quantitative estimate of drug-likeness (QED) is 0.667. The first kappa shape index (κ1) is 22.2. The number of nitrogens with two attached hydrogens (primary N) is 1. The Balaban J connectivity index is 1.98. The number of benzene rings is 1. The molecule has 1 saturated carbocycles. The van der Waals surface area contributed by atoms with Crippen LogP contribution in [0.3, 0.4) is 0 Å². The van der Waals surface area contributed by atoms with Gasteiger partial charge in [0, 0.05) is 24.0 Å². The number of hydrogen-bond acceptors (Lipinski definition) is 4. The van der Waals surface area contributed by atoms with Gasteiger partial charge in [0.2, 0.25) is 5.91 Å². The van der Waals surface area contributed by atoms with E-state index in [1.807, 2.05) is 45.0 Å². The third-order valence-electron chi connectivity index (χ3n) is 5.45. The highest BCUT2D eigenvalue weighted by Crippen LogP contribution is 2.50. The number of carbonyl (C=O) groups is 1. The smallest absolute Gasteiger partial charge is 0.330 e. The lowest BCUT2D eigenvalue weighted by atomic mass is 10.1. The van der Waals surface area contributed by atoms with Crippen LogP contribution in [0.15, 0.2) is 33.9 Å². The molecule has 1 aromatic carbocycles. The van der Waals surface area contributed by atoms with E-state index in [0.717, 1.165) is 18.4 Å². The van der Waals surface area contributed by atoms with Crippen LogP contribution >= 0.6 is 11.6 Å². The van der Waals surface area contributed by atoms with Gasteiger partial charge in [0.1, 0.15) is 5.82 Å². The number of nitrogens with zero attached hydrogens (tertiary/aromatic N) is 2. The van der Waals surface area contributed by atoms with Gasteiger partial charge in [0.15, 0.2) is 5.69 Å². The molecule has 30 heavy (non-hydrogen) atoms. The molecule has 2 unspecified atom stereocenters. The molecule has 3 rings (SSSR count). The van der Waals surface area contributed by atoms with E-state index >= 15 is 0 Å². The number of halogens is 1. The van der Waals surface area contributed by atoms with Gasteiger partial charge in [-0.15, -0.1) is 0 Å². The molecule has 3 N–H and O–H groups in total. The molecule has 0 spiro atoms. The van der Waals surface area contributed by atoms with E-state index in [4.69, 9.17) is 17.3 Å². The third kappa shape index (κ3) is 4.46. The van der Waals surface area contributed by atoms with E-state index < -0.39 is 11.2 Å². The van der Waals surface area contributed by atoms with Gasteiger partial charge in [-0.05, 0) is 36.3 Å². The second-order valence-electron chi connectivity index (χ2n) is 8.31. The molecule has 1 heterocycles. The molecule has 0 saturated heterocycles. The summed E-state index contributed by atoms with van der Waals surface area (Å²) < 4.78 is 1.35. The molecule has 1 aromatic heterocycles. The largest absolute Gasteiger partial charge is 0.383 e.